The molecule has 0 aromatic rings. The van der Waals surface area contributed by atoms with E-state index in [1.165, 1.54) is 32.1 Å². The van der Waals surface area contributed by atoms with Crippen molar-refractivity contribution in [2.75, 3.05) is 0 Å². The summed E-state index contributed by atoms with van der Waals surface area (Å²) >= 11 is 0. The van der Waals surface area contributed by atoms with E-state index in [1.807, 2.05) is 0 Å². The molecule has 2 nitrogen and oxygen atoms in total. The Kier molecular flexibility index (Phi) is 3.16. The van der Waals surface area contributed by atoms with Gasteiger partial charge in [0.1, 0.15) is 0 Å². The molecule has 0 spiro atoms. The molecule has 0 radical (unpaired) electrons. The van der Waals surface area contributed by atoms with E-state index in [0.717, 1.165) is 5.92 Å². The van der Waals surface area contributed by atoms with Crippen molar-refractivity contribution >= 4 is 0 Å². The van der Waals surface area contributed by atoms with Gasteiger partial charge in [-0.3, -0.25) is 11.3 Å². The lowest BCUT2D eigenvalue weighted by Crippen LogP contribution is -2.39. The maximum atomic E-state index is 5.41. The topological polar surface area (TPSA) is 38.0 Å². The largest absolute Gasteiger partial charge is 0.271 e. The molecule has 1 aliphatic rings. The molecule has 3 N–H and O–H groups in total. The smallest absolute Gasteiger partial charge is 0.0236 e. The third-order valence-corrected chi connectivity index (χ3v) is 2.62. The number of nitrogens with one attached hydrogen (secondary N) is 1. The highest BCUT2D eigenvalue weighted by atomic mass is 15.2. The summed E-state index contributed by atoms with van der Waals surface area (Å²) in [7, 11) is 0. The van der Waals surface area contributed by atoms with Crippen LogP contribution in [0.1, 0.15) is 39.0 Å². The molecule has 0 aliphatic heterocycles. The van der Waals surface area contributed by atoms with E-state index in [-0.39, 0.29) is 0 Å². The second-order valence-corrected chi connectivity index (χ2v) is 3.23. The lowest BCUT2D eigenvalue weighted by atomic mass is 9.97. The van der Waals surface area contributed by atoms with Crippen LogP contribution in [-0.4, -0.2) is 6.04 Å². The Morgan fingerprint density at radius 3 is 2.50 bits per heavy atom. The van der Waals surface area contributed by atoms with Gasteiger partial charge in [-0.1, -0.05) is 19.8 Å². The molecule has 0 aromatic heterocycles. The van der Waals surface area contributed by atoms with Crippen molar-refractivity contribution in [3.63, 3.8) is 0 Å². The van der Waals surface area contributed by atoms with Gasteiger partial charge >= 0.3 is 0 Å². The van der Waals surface area contributed by atoms with Gasteiger partial charge in [0.05, 0.1) is 0 Å². The Balaban J connectivity index is 2.29. The van der Waals surface area contributed by atoms with Gasteiger partial charge in [0.25, 0.3) is 0 Å². The van der Waals surface area contributed by atoms with Crippen molar-refractivity contribution in [3.05, 3.63) is 0 Å². The zero-order valence-electron chi connectivity index (χ0n) is 6.77. The SMILES string of the molecule is CCC(NN)C1CCCC1. The summed E-state index contributed by atoms with van der Waals surface area (Å²) in [5.74, 6) is 6.27. The van der Waals surface area contributed by atoms with Crippen LogP contribution in [0.3, 0.4) is 0 Å². The molecule has 0 saturated heterocycles. The Labute approximate surface area is 63.1 Å². The monoisotopic (exact) mass is 142 g/mol. The highest BCUT2D eigenvalue weighted by molar-refractivity contribution is 4.77. The van der Waals surface area contributed by atoms with Crippen molar-refractivity contribution < 1.29 is 0 Å². The minimum Gasteiger partial charge on any atom is -0.271 e. The molecule has 1 unspecified atom stereocenters. The van der Waals surface area contributed by atoms with Crippen molar-refractivity contribution in [1.82, 2.24) is 5.43 Å². The third-order valence-electron chi connectivity index (χ3n) is 2.62. The Morgan fingerprint density at radius 1 is 1.50 bits per heavy atom. The fourth-order valence-corrected chi connectivity index (χ4v) is 1.95. The molecule has 0 bridgehead atoms. The van der Waals surface area contributed by atoms with Crippen LogP contribution in [-0.2, 0) is 0 Å². The van der Waals surface area contributed by atoms with Gasteiger partial charge in [-0.05, 0) is 25.2 Å². The lowest BCUT2D eigenvalue weighted by Gasteiger charge is -2.20. The van der Waals surface area contributed by atoms with E-state index in [1.54, 1.807) is 0 Å². The Morgan fingerprint density at radius 2 is 2.10 bits per heavy atom. The standard InChI is InChI=1S/C8H18N2/c1-2-8(10-9)7-5-3-4-6-7/h7-8,10H,2-6,9H2,1H3. The number of nitrogens with two attached hydrogens (primary N) is 1. The quantitative estimate of drug-likeness (QED) is 0.462. The minimum atomic E-state index is 0.572. The summed E-state index contributed by atoms with van der Waals surface area (Å²) in [5, 5.41) is 0. The minimum absolute atomic E-state index is 0.572. The van der Waals surface area contributed by atoms with Crippen molar-refractivity contribution in [2.24, 2.45) is 11.8 Å². The molecular formula is C8H18N2. The average molecular weight is 142 g/mol. The number of hydrazine groups is 1. The summed E-state index contributed by atoms with van der Waals surface area (Å²) in [6, 6.07) is 0.572. The summed E-state index contributed by atoms with van der Waals surface area (Å²) < 4.78 is 0. The first-order chi connectivity index (χ1) is 4.88. The van der Waals surface area contributed by atoms with E-state index in [0.29, 0.717) is 6.04 Å². The molecule has 0 amide bonds. The van der Waals surface area contributed by atoms with Crippen LogP contribution in [0.5, 0.6) is 0 Å². The summed E-state index contributed by atoms with van der Waals surface area (Å²) in [6.07, 6.45) is 6.73. The maximum Gasteiger partial charge on any atom is 0.0236 e. The lowest BCUT2D eigenvalue weighted by molar-refractivity contribution is 0.355. The Hall–Kier alpha value is -0.0800. The molecule has 1 atom stereocenters. The van der Waals surface area contributed by atoms with Crippen LogP contribution in [0.2, 0.25) is 0 Å². The van der Waals surface area contributed by atoms with Crippen molar-refractivity contribution in [3.8, 4) is 0 Å². The number of hydrogen-bond acceptors (Lipinski definition) is 2. The maximum absolute atomic E-state index is 5.41. The first kappa shape index (κ1) is 8.02. The molecule has 1 saturated carbocycles. The fourth-order valence-electron chi connectivity index (χ4n) is 1.95. The predicted octanol–water partition coefficient (Wildman–Crippen LogP) is 1.42. The van der Waals surface area contributed by atoms with Crippen LogP contribution in [0.15, 0.2) is 0 Å². The molecule has 2 heteroatoms. The van der Waals surface area contributed by atoms with Gasteiger partial charge in [0.15, 0.2) is 0 Å². The second-order valence-electron chi connectivity index (χ2n) is 3.23. The van der Waals surface area contributed by atoms with Crippen molar-refractivity contribution in [1.29, 1.82) is 0 Å². The van der Waals surface area contributed by atoms with Crippen LogP contribution in [0, 0.1) is 5.92 Å². The van der Waals surface area contributed by atoms with Crippen molar-refractivity contribution in [2.45, 2.75) is 45.1 Å². The second kappa shape index (κ2) is 3.94. The van der Waals surface area contributed by atoms with Gasteiger partial charge in [-0.2, -0.15) is 0 Å². The van der Waals surface area contributed by atoms with E-state index >= 15 is 0 Å². The van der Waals surface area contributed by atoms with E-state index in [4.69, 9.17) is 5.84 Å². The van der Waals surface area contributed by atoms with Gasteiger partial charge < -0.3 is 0 Å². The predicted molar refractivity (Wildman–Crippen MR) is 43.4 cm³/mol. The first-order valence-electron chi connectivity index (χ1n) is 4.34. The molecule has 60 valence electrons. The first-order valence-corrected chi connectivity index (χ1v) is 4.34. The summed E-state index contributed by atoms with van der Waals surface area (Å²) in [4.78, 5) is 0. The molecule has 1 aliphatic carbocycles. The van der Waals surface area contributed by atoms with Crippen LogP contribution in [0.25, 0.3) is 0 Å². The van der Waals surface area contributed by atoms with E-state index < -0.39 is 0 Å². The Bertz CT molecular complexity index is 83.3. The van der Waals surface area contributed by atoms with Gasteiger partial charge in [0, 0.05) is 6.04 Å². The highest BCUT2D eigenvalue weighted by Crippen LogP contribution is 2.28. The van der Waals surface area contributed by atoms with Crippen LogP contribution >= 0.6 is 0 Å². The summed E-state index contributed by atoms with van der Waals surface area (Å²) in [5.41, 5.74) is 2.89. The summed E-state index contributed by atoms with van der Waals surface area (Å²) in [6.45, 7) is 2.20. The molecule has 1 fully saturated rings. The highest BCUT2D eigenvalue weighted by Gasteiger charge is 2.21. The average Bonchev–Trinajstić information content (AvgIpc) is 2.43. The zero-order valence-corrected chi connectivity index (χ0v) is 6.77. The van der Waals surface area contributed by atoms with Gasteiger partial charge in [-0.15, -0.1) is 0 Å². The fraction of sp³-hybridized carbons (Fsp3) is 1.00. The van der Waals surface area contributed by atoms with Crippen LogP contribution < -0.4 is 11.3 Å². The molecular weight excluding hydrogens is 124 g/mol. The van der Waals surface area contributed by atoms with Gasteiger partial charge in [-0.25, -0.2) is 0 Å². The zero-order chi connectivity index (χ0) is 7.40. The molecule has 10 heavy (non-hydrogen) atoms. The molecule has 0 heterocycles. The normalized spacial score (nSPS) is 23.4. The van der Waals surface area contributed by atoms with E-state index in [2.05, 4.69) is 12.3 Å². The molecule has 1 rings (SSSR count). The van der Waals surface area contributed by atoms with E-state index in [9.17, 15) is 0 Å². The van der Waals surface area contributed by atoms with Crippen LogP contribution in [0.4, 0.5) is 0 Å². The third kappa shape index (κ3) is 1.70. The number of hydrogen-bond donors (Lipinski definition) is 2. The molecule has 0 aromatic carbocycles. The van der Waals surface area contributed by atoms with Gasteiger partial charge in [0.2, 0.25) is 0 Å². The number of rotatable bonds is 3.